The van der Waals surface area contributed by atoms with Crippen LogP contribution >= 0.6 is 0 Å². The first-order valence-electron chi connectivity index (χ1n) is 7.10. The first-order valence-corrected chi connectivity index (χ1v) is 7.10. The number of hydrogen-bond acceptors (Lipinski definition) is 7. The van der Waals surface area contributed by atoms with E-state index in [4.69, 9.17) is 4.74 Å². The van der Waals surface area contributed by atoms with Crippen molar-refractivity contribution in [3.8, 4) is 11.6 Å². The molecule has 0 bridgehead atoms. The largest absolute Gasteiger partial charge is 0.378 e. The molecule has 0 radical (unpaired) electrons. The summed E-state index contributed by atoms with van der Waals surface area (Å²) in [6.45, 7) is 5.85. The number of ether oxygens (including phenoxy) is 1. The van der Waals surface area contributed by atoms with Gasteiger partial charge in [0.2, 0.25) is 17.7 Å². The van der Waals surface area contributed by atoms with E-state index >= 15 is 0 Å². The van der Waals surface area contributed by atoms with Crippen LogP contribution in [-0.2, 0) is 11.3 Å². The van der Waals surface area contributed by atoms with Gasteiger partial charge in [0, 0.05) is 39.1 Å². The maximum atomic E-state index is 5.37. The molecule has 2 aromatic heterocycles. The number of imidazole rings is 1. The van der Waals surface area contributed by atoms with Gasteiger partial charge in [0.1, 0.15) is 0 Å². The molecule has 3 heterocycles. The summed E-state index contributed by atoms with van der Waals surface area (Å²) >= 11 is 0. The molecule has 112 valence electrons. The molecule has 1 saturated heterocycles. The van der Waals surface area contributed by atoms with Gasteiger partial charge in [0.15, 0.2) is 5.82 Å². The molecule has 0 aromatic carbocycles. The van der Waals surface area contributed by atoms with Crippen LogP contribution in [0.5, 0.6) is 0 Å². The second-order valence-corrected chi connectivity index (χ2v) is 4.67. The molecule has 1 aliphatic heterocycles. The summed E-state index contributed by atoms with van der Waals surface area (Å²) in [5.74, 6) is 2.55. The van der Waals surface area contributed by atoms with Crippen LogP contribution in [0.3, 0.4) is 0 Å². The molecule has 0 unspecified atom stereocenters. The quantitative estimate of drug-likeness (QED) is 0.884. The summed E-state index contributed by atoms with van der Waals surface area (Å²) in [7, 11) is 1.80. The average molecular weight is 289 g/mol. The van der Waals surface area contributed by atoms with E-state index in [1.165, 1.54) is 0 Å². The smallest absolute Gasteiger partial charge is 0.230 e. The molecule has 0 saturated carbocycles. The van der Waals surface area contributed by atoms with Crippen LogP contribution in [0.15, 0.2) is 12.4 Å². The zero-order valence-corrected chi connectivity index (χ0v) is 12.3. The van der Waals surface area contributed by atoms with Crippen LogP contribution in [0.1, 0.15) is 6.92 Å². The van der Waals surface area contributed by atoms with Gasteiger partial charge in [0.25, 0.3) is 0 Å². The van der Waals surface area contributed by atoms with E-state index in [1.807, 2.05) is 10.8 Å². The fraction of sp³-hybridized carbons (Fsp3) is 0.538. The Morgan fingerprint density at radius 3 is 2.76 bits per heavy atom. The minimum atomic E-state index is 0.548. The molecule has 3 rings (SSSR count). The monoisotopic (exact) mass is 289 g/mol. The number of morpholine rings is 1. The minimum absolute atomic E-state index is 0.548. The van der Waals surface area contributed by atoms with Crippen molar-refractivity contribution in [2.45, 2.75) is 13.5 Å². The number of aromatic nitrogens is 5. The van der Waals surface area contributed by atoms with Gasteiger partial charge in [0.05, 0.1) is 13.2 Å². The minimum Gasteiger partial charge on any atom is -0.378 e. The molecule has 8 nitrogen and oxygen atoms in total. The van der Waals surface area contributed by atoms with E-state index in [0.717, 1.165) is 25.5 Å². The zero-order chi connectivity index (χ0) is 14.7. The molecule has 2 aromatic rings. The van der Waals surface area contributed by atoms with Gasteiger partial charge >= 0.3 is 0 Å². The maximum Gasteiger partial charge on any atom is 0.230 e. The second-order valence-electron chi connectivity index (χ2n) is 4.67. The summed E-state index contributed by atoms with van der Waals surface area (Å²) in [4.78, 5) is 19.9. The highest BCUT2D eigenvalue weighted by Gasteiger charge is 2.18. The Bertz CT molecular complexity index is 606. The number of hydrogen-bond donors (Lipinski definition) is 1. The third kappa shape index (κ3) is 2.80. The number of rotatable bonds is 4. The lowest BCUT2D eigenvalue weighted by Gasteiger charge is -2.27. The molecule has 1 aliphatic rings. The molecule has 1 fully saturated rings. The van der Waals surface area contributed by atoms with Crippen molar-refractivity contribution in [3.05, 3.63) is 12.4 Å². The highest BCUT2D eigenvalue weighted by atomic mass is 16.5. The summed E-state index contributed by atoms with van der Waals surface area (Å²) in [5, 5.41) is 2.99. The first-order chi connectivity index (χ1) is 10.3. The van der Waals surface area contributed by atoms with Gasteiger partial charge < -0.3 is 19.5 Å². The average Bonchev–Trinajstić information content (AvgIpc) is 3.04. The lowest BCUT2D eigenvalue weighted by molar-refractivity contribution is 0.122. The van der Waals surface area contributed by atoms with Crippen molar-refractivity contribution in [2.75, 3.05) is 43.6 Å². The van der Waals surface area contributed by atoms with Gasteiger partial charge in [-0.25, -0.2) is 4.98 Å². The normalized spacial score (nSPS) is 15.2. The van der Waals surface area contributed by atoms with Gasteiger partial charge in [-0.3, -0.25) is 0 Å². The molecule has 0 spiro atoms. The maximum absolute atomic E-state index is 5.37. The SMILES string of the molecule is CCn1ccnc1-c1nc(NC)nc(N2CCOCC2)n1. The number of nitrogens with zero attached hydrogens (tertiary/aromatic N) is 6. The third-order valence-electron chi connectivity index (χ3n) is 3.40. The van der Waals surface area contributed by atoms with Crippen molar-refractivity contribution in [3.63, 3.8) is 0 Å². The Labute approximate surface area is 123 Å². The summed E-state index contributed by atoms with van der Waals surface area (Å²) < 4.78 is 7.38. The number of aryl methyl sites for hydroxylation is 1. The van der Waals surface area contributed by atoms with Crippen LogP contribution in [0.25, 0.3) is 11.6 Å². The molecule has 0 aliphatic carbocycles. The van der Waals surface area contributed by atoms with Crippen molar-refractivity contribution in [1.82, 2.24) is 24.5 Å². The van der Waals surface area contributed by atoms with E-state index in [-0.39, 0.29) is 0 Å². The Balaban J connectivity index is 2.00. The summed E-state index contributed by atoms with van der Waals surface area (Å²) in [6, 6.07) is 0. The van der Waals surface area contributed by atoms with Crippen molar-refractivity contribution < 1.29 is 4.74 Å². The fourth-order valence-electron chi connectivity index (χ4n) is 2.25. The molecule has 8 heteroatoms. The lowest BCUT2D eigenvalue weighted by atomic mass is 10.4. The molecular formula is C13H19N7O. The van der Waals surface area contributed by atoms with Crippen molar-refractivity contribution in [2.24, 2.45) is 0 Å². The predicted octanol–water partition coefficient (Wildman–Crippen LogP) is 0.633. The van der Waals surface area contributed by atoms with Gasteiger partial charge in [-0.15, -0.1) is 0 Å². The van der Waals surface area contributed by atoms with Crippen LogP contribution in [0.4, 0.5) is 11.9 Å². The zero-order valence-electron chi connectivity index (χ0n) is 12.3. The van der Waals surface area contributed by atoms with E-state index in [9.17, 15) is 0 Å². The lowest BCUT2D eigenvalue weighted by Crippen LogP contribution is -2.37. The Morgan fingerprint density at radius 2 is 2.05 bits per heavy atom. The summed E-state index contributed by atoms with van der Waals surface area (Å²) in [5.41, 5.74) is 0. The van der Waals surface area contributed by atoms with E-state index in [2.05, 4.69) is 37.1 Å². The fourth-order valence-corrected chi connectivity index (χ4v) is 2.25. The topological polar surface area (TPSA) is 81.0 Å². The standard InChI is InChI=1S/C13H19N7O/c1-3-19-5-4-15-11(19)10-16-12(14-2)18-13(17-10)20-6-8-21-9-7-20/h4-5H,3,6-9H2,1-2H3,(H,14,16,17,18). The Kier molecular flexibility index (Phi) is 3.96. The molecule has 1 N–H and O–H groups in total. The first kappa shape index (κ1) is 13.7. The van der Waals surface area contributed by atoms with Crippen molar-refractivity contribution >= 4 is 11.9 Å². The van der Waals surface area contributed by atoms with Crippen LogP contribution < -0.4 is 10.2 Å². The predicted molar refractivity (Wildman–Crippen MR) is 79.3 cm³/mol. The molecular weight excluding hydrogens is 270 g/mol. The van der Waals surface area contributed by atoms with E-state index < -0.39 is 0 Å². The second kappa shape index (κ2) is 6.04. The third-order valence-corrected chi connectivity index (χ3v) is 3.40. The van der Waals surface area contributed by atoms with Gasteiger partial charge in [-0.2, -0.15) is 15.0 Å². The number of anilines is 2. The van der Waals surface area contributed by atoms with E-state index in [0.29, 0.717) is 30.9 Å². The van der Waals surface area contributed by atoms with Crippen LogP contribution in [0.2, 0.25) is 0 Å². The Morgan fingerprint density at radius 1 is 1.24 bits per heavy atom. The van der Waals surface area contributed by atoms with Crippen molar-refractivity contribution in [1.29, 1.82) is 0 Å². The highest BCUT2D eigenvalue weighted by Crippen LogP contribution is 2.19. The number of nitrogens with one attached hydrogen (secondary N) is 1. The van der Waals surface area contributed by atoms with Crippen LogP contribution in [-0.4, -0.2) is 57.9 Å². The Hall–Kier alpha value is -2.22. The summed E-state index contributed by atoms with van der Waals surface area (Å²) in [6.07, 6.45) is 3.68. The molecule has 21 heavy (non-hydrogen) atoms. The molecule has 0 amide bonds. The van der Waals surface area contributed by atoms with Crippen LogP contribution in [0, 0.1) is 0 Å². The van der Waals surface area contributed by atoms with E-state index in [1.54, 1.807) is 13.2 Å². The van der Waals surface area contributed by atoms with Gasteiger partial charge in [-0.05, 0) is 6.92 Å². The van der Waals surface area contributed by atoms with Gasteiger partial charge in [-0.1, -0.05) is 0 Å². The molecule has 0 atom stereocenters. The highest BCUT2D eigenvalue weighted by molar-refractivity contribution is 5.51.